The fourth-order valence-corrected chi connectivity index (χ4v) is 1.80. The second-order valence-electron chi connectivity index (χ2n) is 3.39. The van der Waals surface area contributed by atoms with Crippen molar-refractivity contribution in [2.45, 2.75) is 24.9 Å². The Balaban J connectivity index is 1.68. The first-order valence-corrected chi connectivity index (χ1v) is 3.98. The summed E-state index contributed by atoms with van der Waals surface area (Å²) in [6.45, 7) is 0.558. The van der Waals surface area contributed by atoms with E-state index in [0.717, 1.165) is 12.3 Å². The van der Waals surface area contributed by atoms with Crippen LogP contribution in [0, 0.1) is 5.92 Å². The van der Waals surface area contributed by atoms with Gasteiger partial charge in [0.2, 0.25) is 0 Å². The molecule has 1 aliphatic carbocycles. The summed E-state index contributed by atoms with van der Waals surface area (Å²) < 4.78 is 0. The third-order valence-corrected chi connectivity index (χ3v) is 2.46. The highest BCUT2D eigenvalue weighted by Crippen LogP contribution is 2.40. The predicted octanol–water partition coefficient (Wildman–Crippen LogP) is 0.00440. The van der Waals surface area contributed by atoms with Crippen molar-refractivity contribution in [2.75, 3.05) is 6.54 Å². The number of carboxylic acid groups (broad SMARTS) is 1. The molecular formula is C7H12N2O2. The molecule has 2 fully saturated rings. The van der Waals surface area contributed by atoms with Crippen molar-refractivity contribution < 1.29 is 9.90 Å². The van der Waals surface area contributed by atoms with Crippen molar-refractivity contribution in [3.8, 4) is 0 Å². The van der Waals surface area contributed by atoms with E-state index < -0.39 is 6.09 Å². The number of carbonyl (C=O) groups is 1. The molecule has 4 heteroatoms. The Morgan fingerprint density at radius 3 is 3.00 bits per heavy atom. The quantitative estimate of drug-likeness (QED) is 0.527. The van der Waals surface area contributed by atoms with E-state index in [9.17, 15) is 4.79 Å². The van der Waals surface area contributed by atoms with Crippen LogP contribution >= 0.6 is 0 Å². The maximum Gasteiger partial charge on any atom is 0.404 e. The molecule has 4 nitrogen and oxygen atoms in total. The molecule has 0 aromatic rings. The Bertz CT molecular complexity index is 173. The fourth-order valence-electron chi connectivity index (χ4n) is 1.80. The number of rotatable bonds is 2. The fraction of sp³-hybridized carbons (Fsp3) is 0.857. The average molecular weight is 156 g/mol. The summed E-state index contributed by atoms with van der Waals surface area (Å²) in [5, 5.41) is 14.1. The van der Waals surface area contributed by atoms with Gasteiger partial charge in [-0.15, -0.1) is 0 Å². The van der Waals surface area contributed by atoms with Crippen LogP contribution in [0.2, 0.25) is 0 Å². The molecule has 1 saturated heterocycles. The van der Waals surface area contributed by atoms with Crippen molar-refractivity contribution in [3.05, 3.63) is 0 Å². The smallest absolute Gasteiger partial charge is 0.404 e. The second kappa shape index (κ2) is 2.37. The summed E-state index contributed by atoms with van der Waals surface area (Å²) >= 11 is 0. The lowest BCUT2D eigenvalue weighted by Crippen LogP contribution is -2.38. The van der Waals surface area contributed by atoms with Gasteiger partial charge in [-0.2, -0.15) is 0 Å². The van der Waals surface area contributed by atoms with Gasteiger partial charge in [-0.25, -0.2) is 4.79 Å². The van der Waals surface area contributed by atoms with Gasteiger partial charge in [-0.1, -0.05) is 0 Å². The standard InChI is InChI=1S/C7H12N2O2/c10-7(11)8-3-5-1-4-2-6(4)9-5/h4-6,8-9H,1-3H2,(H,10,11)/t4-,5-,6+/m0/s1. The summed E-state index contributed by atoms with van der Waals surface area (Å²) in [5.74, 6) is 0.843. The highest BCUT2D eigenvalue weighted by Gasteiger charge is 2.45. The zero-order valence-electron chi connectivity index (χ0n) is 6.21. The summed E-state index contributed by atoms with van der Waals surface area (Å²) in [6, 6.07) is 1.09. The van der Waals surface area contributed by atoms with Gasteiger partial charge in [0, 0.05) is 18.6 Å². The van der Waals surface area contributed by atoms with E-state index in [4.69, 9.17) is 5.11 Å². The minimum absolute atomic E-state index is 0.384. The van der Waals surface area contributed by atoms with E-state index in [1.165, 1.54) is 6.42 Å². The van der Waals surface area contributed by atoms with Gasteiger partial charge in [-0.3, -0.25) is 0 Å². The molecule has 1 heterocycles. The van der Waals surface area contributed by atoms with E-state index in [0.29, 0.717) is 18.6 Å². The summed E-state index contributed by atoms with van der Waals surface area (Å²) in [5.41, 5.74) is 0. The first-order valence-electron chi connectivity index (χ1n) is 3.98. The topological polar surface area (TPSA) is 61.4 Å². The van der Waals surface area contributed by atoms with Crippen molar-refractivity contribution in [1.82, 2.24) is 10.6 Å². The van der Waals surface area contributed by atoms with Crippen LogP contribution in [0.1, 0.15) is 12.8 Å². The van der Waals surface area contributed by atoms with E-state index in [1.807, 2.05) is 0 Å². The number of nitrogens with one attached hydrogen (secondary N) is 2. The van der Waals surface area contributed by atoms with Gasteiger partial charge in [0.1, 0.15) is 0 Å². The van der Waals surface area contributed by atoms with Gasteiger partial charge >= 0.3 is 6.09 Å². The molecule has 0 aromatic carbocycles. The average Bonchev–Trinajstić information content (AvgIpc) is 2.56. The third kappa shape index (κ3) is 1.45. The van der Waals surface area contributed by atoms with Crippen molar-refractivity contribution in [1.29, 1.82) is 0 Å². The minimum atomic E-state index is -0.924. The number of amides is 1. The second-order valence-corrected chi connectivity index (χ2v) is 3.39. The molecule has 1 amide bonds. The van der Waals surface area contributed by atoms with E-state index >= 15 is 0 Å². The summed E-state index contributed by atoms with van der Waals surface area (Å²) in [7, 11) is 0. The molecule has 1 saturated carbocycles. The van der Waals surface area contributed by atoms with Crippen LogP contribution in [0.15, 0.2) is 0 Å². The lowest BCUT2D eigenvalue weighted by atomic mass is 10.2. The van der Waals surface area contributed by atoms with Crippen LogP contribution in [0.25, 0.3) is 0 Å². The van der Waals surface area contributed by atoms with Gasteiger partial charge in [-0.05, 0) is 18.8 Å². The molecule has 0 spiro atoms. The number of hydrogen-bond acceptors (Lipinski definition) is 2. The highest BCUT2D eigenvalue weighted by atomic mass is 16.4. The molecule has 0 radical (unpaired) electrons. The zero-order valence-corrected chi connectivity index (χ0v) is 6.21. The molecule has 2 rings (SSSR count). The molecule has 1 aliphatic heterocycles. The lowest BCUT2D eigenvalue weighted by Gasteiger charge is -2.11. The first kappa shape index (κ1) is 6.91. The Morgan fingerprint density at radius 1 is 1.64 bits per heavy atom. The maximum atomic E-state index is 10.1. The Kier molecular flexibility index (Phi) is 1.49. The normalized spacial score (nSPS) is 39.8. The van der Waals surface area contributed by atoms with Crippen LogP contribution < -0.4 is 10.6 Å². The largest absolute Gasteiger partial charge is 0.465 e. The van der Waals surface area contributed by atoms with Crippen LogP contribution in [0.5, 0.6) is 0 Å². The molecule has 2 aliphatic rings. The van der Waals surface area contributed by atoms with Crippen LogP contribution in [-0.2, 0) is 0 Å². The SMILES string of the molecule is O=C(O)NC[C@@H]1C[C@H]2C[C@H]2N1. The van der Waals surface area contributed by atoms with Gasteiger partial charge in [0.05, 0.1) is 0 Å². The molecular weight excluding hydrogens is 144 g/mol. The number of hydrogen-bond donors (Lipinski definition) is 3. The van der Waals surface area contributed by atoms with Gasteiger partial charge in [0.25, 0.3) is 0 Å². The predicted molar refractivity (Wildman–Crippen MR) is 39.5 cm³/mol. The van der Waals surface area contributed by atoms with Crippen molar-refractivity contribution in [2.24, 2.45) is 5.92 Å². The van der Waals surface area contributed by atoms with Gasteiger partial charge in [0.15, 0.2) is 0 Å². The first-order chi connectivity index (χ1) is 5.25. The highest BCUT2D eigenvalue weighted by molar-refractivity contribution is 5.64. The third-order valence-electron chi connectivity index (χ3n) is 2.46. The van der Waals surface area contributed by atoms with E-state index in [2.05, 4.69) is 10.6 Å². The van der Waals surface area contributed by atoms with E-state index in [-0.39, 0.29) is 0 Å². The van der Waals surface area contributed by atoms with Crippen LogP contribution in [-0.4, -0.2) is 29.8 Å². The Labute approximate surface area is 65.0 Å². The van der Waals surface area contributed by atoms with Crippen LogP contribution in [0.4, 0.5) is 4.79 Å². The Morgan fingerprint density at radius 2 is 2.45 bits per heavy atom. The molecule has 0 unspecified atom stereocenters. The molecule has 0 aromatic heterocycles. The monoisotopic (exact) mass is 156 g/mol. The van der Waals surface area contributed by atoms with Crippen molar-refractivity contribution >= 4 is 6.09 Å². The summed E-state index contributed by atoms with van der Waals surface area (Å²) in [6.07, 6.45) is 1.52. The van der Waals surface area contributed by atoms with Crippen molar-refractivity contribution in [3.63, 3.8) is 0 Å². The zero-order chi connectivity index (χ0) is 7.84. The maximum absolute atomic E-state index is 10.1. The molecule has 11 heavy (non-hydrogen) atoms. The van der Waals surface area contributed by atoms with E-state index in [1.54, 1.807) is 0 Å². The van der Waals surface area contributed by atoms with Gasteiger partial charge < -0.3 is 15.7 Å². The summed E-state index contributed by atoms with van der Waals surface area (Å²) in [4.78, 5) is 10.1. The van der Waals surface area contributed by atoms with Crippen LogP contribution in [0.3, 0.4) is 0 Å². The molecule has 3 N–H and O–H groups in total. The molecule has 3 atom stereocenters. The Hall–Kier alpha value is -0.770. The number of piperidine rings is 1. The number of fused-ring (bicyclic) bond motifs is 1. The molecule has 62 valence electrons. The molecule has 0 bridgehead atoms. The lowest BCUT2D eigenvalue weighted by molar-refractivity contribution is 0.193. The minimum Gasteiger partial charge on any atom is -0.465 e.